The summed E-state index contributed by atoms with van der Waals surface area (Å²) in [5.41, 5.74) is 0.767. The minimum absolute atomic E-state index is 0.552. The van der Waals surface area contributed by atoms with Gasteiger partial charge in [-0.1, -0.05) is 18.2 Å². The Hall–Kier alpha value is -2.15. The summed E-state index contributed by atoms with van der Waals surface area (Å²) < 4.78 is 39.8. The zero-order chi connectivity index (χ0) is 12.9. The van der Waals surface area contributed by atoms with E-state index in [1.165, 1.54) is 12.1 Å². The lowest BCUT2D eigenvalue weighted by Crippen LogP contribution is -2.04. The van der Waals surface area contributed by atoms with Crippen LogP contribution in [0.1, 0.15) is 5.56 Å². The van der Waals surface area contributed by atoms with Crippen LogP contribution in [0.25, 0.3) is 21.8 Å². The summed E-state index contributed by atoms with van der Waals surface area (Å²) in [5.74, 6) is 0. The lowest BCUT2D eigenvalue weighted by molar-refractivity contribution is -0.137. The highest BCUT2D eigenvalue weighted by Crippen LogP contribution is 2.34. The molecule has 0 fully saturated rings. The SMILES string of the molecule is Cn1c2ccc#cc2c2ccc(C(F)(F)F)cc21. The molecule has 0 spiro atoms. The molecular weight excluding hydrogens is 239 g/mol. The van der Waals surface area contributed by atoms with E-state index in [1.807, 2.05) is 6.07 Å². The molecule has 0 saturated heterocycles. The minimum Gasteiger partial charge on any atom is -0.343 e. The first kappa shape index (κ1) is 11.0. The predicted molar refractivity (Wildman–Crippen MR) is 63.1 cm³/mol. The summed E-state index contributed by atoms with van der Waals surface area (Å²) in [6.07, 6.45) is -4.32. The molecule has 0 amide bonds. The van der Waals surface area contributed by atoms with E-state index >= 15 is 0 Å². The molecule has 0 saturated carbocycles. The lowest BCUT2D eigenvalue weighted by Gasteiger charge is -2.06. The standard InChI is InChI=1S/C14H8F3N/c1-18-12-5-3-2-4-10(12)11-7-6-9(8-13(11)18)14(15,16)17/h3,5-8H,1H3. The number of alkyl halides is 3. The van der Waals surface area contributed by atoms with E-state index in [9.17, 15) is 13.2 Å². The molecule has 0 aliphatic carbocycles. The summed E-state index contributed by atoms with van der Waals surface area (Å²) in [4.78, 5) is 0. The summed E-state index contributed by atoms with van der Waals surface area (Å²) >= 11 is 0. The molecule has 0 aliphatic rings. The van der Waals surface area contributed by atoms with Gasteiger partial charge in [0.25, 0.3) is 0 Å². The van der Waals surface area contributed by atoms with Gasteiger partial charge < -0.3 is 4.57 Å². The normalized spacial score (nSPS) is 12.0. The van der Waals surface area contributed by atoms with Crippen molar-refractivity contribution in [3.8, 4) is 0 Å². The number of aromatic nitrogens is 1. The number of aryl methyl sites for hydroxylation is 1. The Kier molecular flexibility index (Phi) is 2.09. The molecule has 0 N–H and O–H groups in total. The minimum atomic E-state index is -4.32. The van der Waals surface area contributed by atoms with E-state index in [4.69, 9.17) is 0 Å². The van der Waals surface area contributed by atoms with Crippen molar-refractivity contribution in [2.75, 3.05) is 0 Å². The van der Waals surface area contributed by atoms with Crippen molar-refractivity contribution in [3.63, 3.8) is 0 Å². The molecule has 18 heavy (non-hydrogen) atoms. The third-order valence-corrected chi connectivity index (χ3v) is 3.09. The average molecular weight is 247 g/mol. The van der Waals surface area contributed by atoms with Gasteiger partial charge in [-0.15, -0.1) is 0 Å². The van der Waals surface area contributed by atoms with Crippen LogP contribution in [0.15, 0.2) is 30.3 Å². The number of rotatable bonds is 0. The van der Waals surface area contributed by atoms with Crippen LogP contribution in [0.4, 0.5) is 13.2 Å². The van der Waals surface area contributed by atoms with Crippen LogP contribution in [0.3, 0.4) is 0 Å². The number of benzene rings is 1. The highest BCUT2D eigenvalue weighted by atomic mass is 19.4. The Morgan fingerprint density at radius 3 is 2.61 bits per heavy atom. The topological polar surface area (TPSA) is 4.93 Å². The molecule has 90 valence electrons. The molecule has 1 heterocycles. The Labute approximate surface area is 101 Å². The highest BCUT2D eigenvalue weighted by Gasteiger charge is 2.30. The van der Waals surface area contributed by atoms with Crippen LogP contribution in [-0.2, 0) is 13.2 Å². The van der Waals surface area contributed by atoms with Crippen molar-refractivity contribution in [1.29, 1.82) is 0 Å². The molecule has 4 heteroatoms. The molecule has 1 nitrogen and oxygen atoms in total. The number of nitrogens with zero attached hydrogens (tertiary/aromatic N) is 1. The van der Waals surface area contributed by atoms with Crippen LogP contribution < -0.4 is 0 Å². The van der Waals surface area contributed by atoms with Crippen LogP contribution in [-0.4, -0.2) is 4.57 Å². The van der Waals surface area contributed by atoms with Crippen LogP contribution in [0.5, 0.6) is 0 Å². The third kappa shape index (κ3) is 1.44. The number of fused-ring (bicyclic) bond motifs is 3. The second-order valence-electron chi connectivity index (χ2n) is 4.15. The molecule has 0 unspecified atom stereocenters. The summed E-state index contributed by atoms with van der Waals surface area (Å²) in [6, 6.07) is 13.1. The fraction of sp³-hybridized carbons (Fsp3) is 0.143. The molecule has 2 aromatic carbocycles. The molecule has 3 aromatic rings. The van der Waals surface area contributed by atoms with E-state index in [2.05, 4.69) is 12.1 Å². The summed E-state index contributed by atoms with van der Waals surface area (Å²) in [6.45, 7) is 0. The van der Waals surface area contributed by atoms with E-state index in [0.717, 1.165) is 22.4 Å². The van der Waals surface area contributed by atoms with Gasteiger partial charge in [0.05, 0.1) is 22.0 Å². The van der Waals surface area contributed by atoms with Gasteiger partial charge >= 0.3 is 6.18 Å². The zero-order valence-electron chi connectivity index (χ0n) is 9.47. The first-order valence-corrected chi connectivity index (χ1v) is 5.36. The quantitative estimate of drug-likeness (QED) is 0.567. The lowest BCUT2D eigenvalue weighted by atomic mass is 10.1. The highest BCUT2D eigenvalue weighted by molar-refractivity contribution is 6.07. The predicted octanol–water partition coefficient (Wildman–Crippen LogP) is 3.95. The van der Waals surface area contributed by atoms with Crippen LogP contribution >= 0.6 is 0 Å². The van der Waals surface area contributed by atoms with Gasteiger partial charge in [-0.2, -0.15) is 13.2 Å². The Morgan fingerprint density at radius 2 is 1.89 bits per heavy atom. The Balaban J connectivity index is 2.42. The molecule has 3 rings (SSSR count). The second kappa shape index (κ2) is 3.42. The first-order chi connectivity index (χ1) is 8.48. The maximum atomic E-state index is 12.7. The van der Waals surface area contributed by atoms with Crippen LogP contribution in [0.2, 0.25) is 0 Å². The fourth-order valence-electron chi connectivity index (χ4n) is 2.19. The summed E-state index contributed by atoms with van der Waals surface area (Å²) in [5, 5.41) is 1.56. The molecule has 0 aliphatic heterocycles. The van der Waals surface area contributed by atoms with E-state index in [-0.39, 0.29) is 0 Å². The van der Waals surface area contributed by atoms with Crippen molar-refractivity contribution in [1.82, 2.24) is 4.57 Å². The zero-order valence-corrected chi connectivity index (χ0v) is 9.47. The number of halogens is 3. The fourth-order valence-corrected chi connectivity index (χ4v) is 2.19. The van der Waals surface area contributed by atoms with Crippen molar-refractivity contribution < 1.29 is 13.2 Å². The molecular formula is C14H8F3N. The maximum Gasteiger partial charge on any atom is 0.416 e. The maximum absolute atomic E-state index is 12.7. The monoisotopic (exact) mass is 247 g/mol. The van der Waals surface area contributed by atoms with Gasteiger partial charge in [0.1, 0.15) is 0 Å². The van der Waals surface area contributed by atoms with Crippen molar-refractivity contribution in [2.45, 2.75) is 6.18 Å². The van der Waals surface area contributed by atoms with Crippen molar-refractivity contribution in [3.05, 3.63) is 48.0 Å². The van der Waals surface area contributed by atoms with Gasteiger partial charge in [-0.3, -0.25) is 0 Å². The second-order valence-corrected chi connectivity index (χ2v) is 4.15. The van der Waals surface area contributed by atoms with Gasteiger partial charge in [0.15, 0.2) is 0 Å². The van der Waals surface area contributed by atoms with Gasteiger partial charge in [0.2, 0.25) is 0 Å². The smallest absolute Gasteiger partial charge is 0.343 e. The number of hydrogen-bond donors (Lipinski definition) is 0. The third-order valence-electron chi connectivity index (χ3n) is 3.09. The average Bonchev–Trinajstić information content (AvgIpc) is 2.63. The van der Waals surface area contributed by atoms with E-state index < -0.39 is 11.7 Å². The van der Waals surface area contributed by atoms with Gasteiger partial charge in [-0.05, 0) is 24.3 Å². The first-order valence-electron chi connectivity index (χ1n) is 5.36. The molecule has 1 aromatic heterocycles. The Bertz CT molecular complexity index is 738. The molecule has 0 atom stereocenters. The van der Waals surface area contributed by atoms with Gasteiger partial charge in [-0.25, -0.2) is 0 Å². The van der Waals surface area contributed by atoms with Crippen molar-refractivity contribution >= 4 is 21.8 Å². The Morgan fingerprint density at radius 1 is 1.11 bits per heavy atom. The molecule has 0 radical (unpaired) electrons. The van der Waals surface area contributed by atoms with E-state index in [1.54, 1.807) is 17.7 Å². The summed E-state index contributed by atoms with van der Waals surface area (Å²) in [7, 11) is 1.75. The molecule has 0 bridgehead atoms. The largest absolute Gasteiger partial charge is 0.416 e. The van der Waals surface area contributed by atoms with Crippen molar-refractivity contribution in [2.24, 2.45) is 7.05 Å². The van der Waals surface area contributed by atoms with Gasteiger partial charge in [0, 0.05) is 12.4 Å². The van der Waals surface area contributed by atoms with E-state index in [0.29, 0.717) is 5.52 Å². The van der Waals surface area contributed by atoms with Crippen LogP contribution in [0, 0.1) is 12.1 Å². The number of hydrogen-bond acceptors (Lipinski definition) is 0.